The number of para-hydroxylation sites is 2. The Bertz CT molecular complexity index is 1160. The molecule has 0 N–H and O–H groups in total. The smallest absolute Gasteiger partial charge is 0.170 e. The molecule has 0 amide bonds. The fraction of sp³-hybridized carbons (Fsp3) is 0.0833. The predicted molar refractivity (Wildman–Crippen MR) is 105 cm³/mol. The van der Waals surface area contributed by atoms with Crippen LogP contribution in [0.3, 0.4) is 0 Å². The van der Waals surface area contributed by atoms with E-state index in [0.29, 0.717) is 0 Å². The first-order chi connectivity index (χ1) is 12.7. The van der Waals surface area contributed by atoms with Gasteiger partial charge in [-0.1, -0.05) is 42.5 Å². The van der Waals surface area contributed by atoms with E-state index in [1.54, 1.807) is 0 Å². The Hall–Kier alpha value is -3.26. The number of aryl methyl sites for hydroxylation is 2. The predicted octanol–water partition coefficient (Wildman–Crippen LogP) is 7.02. The van der Waals surface area contributed by atoms with Crippen LogP contribution in [0, 0.1) is 13.8 Å². The van der Waals surface area contributed by atoms with Gasteiger partial charge in [-0.05, 0) is 77.2 Å². The molecule has 1 aliphatic rings. The van der Waals surface area contributed by atoms with Gasteiger partial charge in [0.25, 0.3) is 0 Å². The molecular weight excluding hydrogens is 320 g/mol. The summed E-state index contributed by atoms with van der Waals surface area (Å²) in [4.78, 5) is 0. The van der Waals surface area contributed by atoms with Gasteiger partial charge in [0.05, 0.1) is 0 Å². The standard InChI is InChI=1S/C24H18O2/c1-15-11-17-7-3-4-8-18(17)13-19(15)20-14-24-23(12-16(20)2)25-21-9-5-6-10-22(21)26-24/h3-14H,1-2H3. The van der Waals surface area contributed by atoms with Gasteiger partial charge in [-0.3, -0.25) is 0 Å². The largest absolute Gasteiger partial charge is 0.450 e. The first kappa shape index (κ1) is 15.0. The maximum atomic E-state index is 6.10. The molecule has 0 aromatic heterocycles. The van der Waals surface area contributed by atoms with E-state index in [1.807, 2.05) is 24.3 Å². The highest BCUT2D eigenvalue weighted by atomic mass is 16.6. The van der Waals surface area contributed by atoms with E-state index >= 15 is 0 Å². The van der Waals surface area contributed by atoms with Gasteiger partial charge >= 0.3 is 0 Å². The van der Waals surface area contributed by atoms with Crippen molar-refractivity contribution in [3.8, 4) is 34.1 Å². The van der Waals surface area contributed by atoms with Crippen molar-refractivity contribution in [2.45, 2.75) is 13.8 Å². The average Bonchev–Trinajstić information content (AvgIpc) is 2.65. The highest BCUT2D eigenvalue weighted by Crippen LogP contribution is 2.47. The van der Waals surface area contributed by atoms with E-state index in [0.717, 1.165) is 23.0 Å². The molecular formula is C24H18O2. The highest BCUT2D eigenvalue weighted by molar-refractivity contribution is 5.90. The quantitative estimate of drug-likeness (QED) is 0.327. The number of benzene rings is 4. The van der Waals surface area contributed by atoms with Crippen molar-refractivity contribution in [3.63, 3.8) is 0 Å². The van der Waals surface area contributed by atoms with E-state index in [1.165, 1.54) is 33.0 Å². The van der Waals surface area contributed by atoms with Crippen LogP contribution in [0.5, 0.6) is 23.0 Å². The van der Waals surface area contributed by atoms with Gasteiger partial charge in [-0.25, -0.2) is 0 Å². The van der Waals surface area contributed by atoms with Crippen molar-refractivity contribution >= 4 is 10.8 Å². The molecule has 0 fully saturated rings. The minimum Gasteiger partial charge on any atom is -0.450 e. The Morgan fingerprint density at radius 1 is 0.500 bits per heavy atom. The van der Waals surface area contributed by atoms with E-state index in [-0.39, 0.29) is 0 Å². The molecule has 0 bridgehead atoms. The zero-order valence-electron chi connectivity index (χ0n) is 14.7. The van der Waals surface area contributed by atoms with Crippen LogP contribution in [0.4, 0.5) is 0 Å². The second kappa shape index (κ2) is 5.63. The van der Waals surface area contributed by atoms with Crippen LogP contribution in [-0.4, -0.2) is 0 Å². The monoisotopic (exact) mass is 338 g/mol. The maximum absolute atomic E-state index is 6.10. The summed E-state index contributed by atoms with van der Waals surface area (Å²) in [6.07, 6.45) is 0. The molecule has 26 heavy (non-hydrogen) atoms. The first-order valence-electron chi connectivity index (χ1n) is 8.78. The molecule has 0 atom stereocenters. The molecule has 2 heteroatoms. The molecule has 4 aromatic carbocycles. The summed E-state index contributed by atoms with van der Waals surface area (Å²) in [5.41, 5.74) is 4.83. The average molecular weight is 338 g/mol. The molecule has 0 radical (unpaired) electrons. The minimum absolute atomic E-state index is 0.755. The molecule has 0 saturated carbocycles. The molecule has 1 aliphatic heterocycles. The van der Waals surface area contributed by atoms with Gasteiger partial charge in [0, 0.05) is 0 Å². The second-order valence-corrected chi connectivity index (χ2v) is 6.78. The Balaban J connectivity index is 1.67. The lowest BCUT2D eigenvalue weighted by atomic mass is 9.93. The van der Waals surface area contributed by atoms with Crippen molar-refractivity contribution in [1.82, 2.24) is 0 Å². The summed E-state index contributed by atoms with van der Waals surface area (Å²) in [6, 6.07) is 24.9. The van der Waals surface area contributed by atoms with Crippen LogP contribution in [0.2, 0.25) is 0 Å². The zero-order valence-corrected chi connectivity index (χ0v) is 14.7. The summed E-state index contributed by atoms with van der Waals surface area (Å²) < 4.78 is 12.1. The van der Waals surface area contributed by atoms with Crippen LogP contribution in [0.25, 0.3) is 21.9 Å². The van der Waals surface area contributed by atoms with Crippen LogP contribution < -0.4 is 9.47 Å². The molecule has 126 valence electrons. The van der Waals surface area contributed by atoms with Crippen molar-refractivity contribution in [2.24, 2.45) is 0 Å². The first-order valence-corrected chi connectivity index (χ1v) is 8.78. The van der Waals surface area contributed by atoms with Crippen molar-refractivity contribution in [2.75, 3.05) is 0 Å². The third-order valence-electron chi connectivity index (χ3n) is 4.96. The number of hydrogen-bond acceptors (Lipinski definition) is 2. The molecule has 0 spiro atoms. The summed E-state index contributed by atoms with van der Waals surface area (Å²) in [7, 11) is 0. The Morgan fingerprint density at radius 3 is 1.69 bits per heavy atom. The molecule has 5 rings (SSSR count). The maximum Gasteiger partial charge on any atom is 0.170 e. The normalized spacial score (nSPS) is 12.1. The second-order valence-electron chi connectivity index (χ2n) is 6.78. The van der Waals surface area contributed by atoms with Gasteiger partial charge in [0.1, 0.15) is 0 Å². The SMILES string of the molecule is Cc1cc2c(cc1-c1cc3ccccc3cc1C)Oc1ccccc1O2. The van der Waals surface area contributed by atoms with Crippen molar-refractivity contribution in [3.05, 3.63) is 83.9 Å². The number of fused-ring (bicyclic) bond motifs is 3. The van der Waals surface area contributed by atoms with Gasteiger partial charge < -0.3 is 9.47 Å². The third kappa shape index (κ3) is 2.34. The summed E-state index contributed by atoms with van der Waals surface area (Å²) in [6.45, 7) is 4.28. The molecule has 2 nitrogen and oxygen atoms in total. The van der Waals surface area contributed by atoms with Crippen LogP contribution in [0.1, 0.15) is 11.1 Å². The summed E-state index contributed by atoms with van der Waals surface area (Å²) in [5.74, 6) is 3.04. The van der Waals surface area contributed by atoms with Crippen molar-refractivity contribution < 1.29 is 9.47 Å². The summed E-state index contributed by atoms with van der Waals surface area (Å²) in [5, 5.41) is 2.51. The van der Waals surface area contributed by atoms with E-state index in [2.05, 4.69) is 62.4 Å². The zero-order chi connectivity index (χ0) is 17.7. The van der Waals surface area contributed by atoms with E-state index in [4.69, 9.17) is 9.47 Å². The minimum atomic E-state index is 0.755. The number of hydrogen-bond donors (Lipinski definition) is 0. The lowest BCUT2D eigenvalue weighted by Gasteiger charge is -2.22. The lowest BCUT2D eigenvalue weighted by molar-refractivity contribution is 0.359. The Kier molecular flexibility index (Phi) is 3.26. The van der Waals surface area contributed by atoms with Crippen LogP contribution >= 0.6 is 0 Å². The summed E-state index contributed by atoms with van der Waals surface area (Å²) >= 11 is 0. The fourth-order valence-corrected chi connectivity index (χ4v) is 3.61. The topological polar surface area (TPSA) is 18.5 Å². The number of rotatable bonds is 1. The lowest BCUT2D eigenvalue weighted by Crippen LogP contribution is -2.00. The van der Waals surface area contributed by atoms with Crippen LogP contribution in [0.15, 0.2) is 72.8 Å². The van der Waals surface area contributed by atoms with Crippen molar-refractivity contribution in [1.29, 1.82) is 0 Å². The molecule has 0 aliphatic carbocycles. The molecule has 0 saturated heterocycles. The molecule has 4 aromatic rings. The van der Waals surface area contributed by atoms with Crippen LogP contribution in [-0.2, 0) is 0 Å². The van der Waals surface area contributed by atoms with Gasteiger partial charge in [-0.2, -0.15) is 0 Å². The Labute approximate surface area is 152 Å². The van der Waals surface area contributed by atoms with E-state index < -0.39 is 0 Å². The van der Waals surface area contributed by atoms with Gasteiger partial charge in [-0.15, -0.1) is 0 Å². The van der Waals surface area contributed by atoms with Gasteiger partial charge in [0.2, 0.25) is 0 Å². The van der Waals surface area contributed by atoms with E-state index in [9.17, 15) is 0 Å². The van der Waals surface area contributed by atoms with Gasteiger partial charge in [0.15, 0.2) is 23.0 Å². The fourth-order valence-electron chi connectivity index (χ4n) is 3.61. The molecule has 0 unspecified atom stereocenters. The molecule has 1 heterocycles. The highest BCUT2D eigenvalue weighted by Gasteiger charge is 2.20. The third-order valence-corrected chi connectivity index (χ3v) is 4.96. The Morgan fingerprint density at radius 2 is 1.00 bits per heavy atom. The number of ether oxygens (including phenoxy) is 2.